The Kier molecular flexibility index (Phi) is 7.78. The molecule has 0 aliphatic heterocycles. The monoisotopic (exact) mass is 419 g/mol. The van der Waals surface area contributed by atoms with Crippen molar-refractivity contribution in [3.63, 3.8) is 0 Å². The number of anilines is 1. The van der Waals surface area contributed by atoms with Crippen LogP contribution in [0.5, 0.6) is 0 Å². The van der Waals surface area contributed by atoms with Gasteiger partial charge >= 0.3 is 0 Å². The van der Waals surface area contributed by atoms with Gasteiger partial charge in [-0.25, -0.2) is 0 Å². The minimum atomic E-state index is 0.498. The van der Waals surface area contributed by atoms with Crippen molar-refractivity contribution < 1.29 is 0 Å². The topological polar surface area (TPSA) is 45.1 Å². The second-order valence-corrected chi connectivity index (χ2v) is 7.44. The molecule has 2 rings (SSSR count). The molecule has 0 unspecified atom stereocenters. The summed E-state index contributed by atoms with van der Waals surface area (Å²) in [5.41, 5.74) is 0.976. The molecule has 0 spiro atoms. The molecule has 25 heavy (non-hydrogen) atoms. The van der Waals surface area contributed by atoms with Crippen LogP contribution in [0.15, 0.2) is 24.4 Å². The Bertz CT molecular complexity index is 733. The number of halogens is 3. The molecule has 0 aliphatic carbocycles. The van der Waals surface area contributed by atoms with Crippen molar-refractivity contribution in [1.82, 2.24) is 20.0 Å². The standard InChI is InChI=1S/C16H20Cl3N5S/c1-23(2)7-3-6-20-16(25)21-15-14(19)10-24(22-15)9-11-4-5-12(17)13(18)8-11/h4-5,8,10H,3,6-7,9H2,1-2H3,(H2,20,21,22,25). The van der Waals surface area contributed by atoms with Crippen molar-refractivity contribution in [2.24, 2.45) is 0 Å². The zero-order chi connectivity index (χ0) is 18.4. The van der Waals surface area contributed by atoms with Gasteiger partial charge in [0.2, 0.25) is 0 Å². The lowest BCUT2D eigenvalue weighted by atomic mass is 10.2. The minimum Gasteiger partial charge on any atom is -0.362 e. The normalized spacial score (nSPS) is 11.0. The van der Waals surface area contributed by atoms with Gasteiger partial charge in [0, 0.05) is 12.7 Å². The molecule has 0 aliphatic rings. The third-order valence-corrected chi connectivity index (χ3v) is 4.61. The predicted octanol–water partition coefficient (Wildman–Crippen LogP) is 4.13. The number of rotatable bonds is 7. The van der Waals surface area contributed by atoms with E-state index in [-0.39, 0.29) is 0 Å². The Labute approximate surface area is 168 Å². The highest BCUT2D eigenvalue weighted by molar-refractivity contribution is 7.80. The first kappa shape index (κ1) is 20.3. The van der Waals surface area contributed by atoms with Crippen molar-refractivity contribution in [3.8, 4) is 0 Å². The van der Waals surface area contributed by atoms with E-state index >= 15 is 0 Å². The number of nitrogens with one attached hydrogen (secondary N) is 2. The Morgan fingerprint density at radius 3 is 2.64 bits per heavy atom. The first-order chi connectivity index (χ1) is 11.8. The summed E-state index contributed by atoms with van der Waals surface area (Å²) in [4.78, 5) is 2.12. The number of hydrogen-bond acceptors (Lipinski definition) is 3. The molecule has 0 atom stereocenters. The molecule has 5 nitrogen and oxygen atoms in total. The fourth-order valence-corrected chi connectivity index (χ4v) is 2.85. The average Bonchev–Trinajstić information content (AvgIpc) is 2.87. The summed E-state index contributed by atoms with van der Waals surface area (Å²) in [6.45, 7) is 2.31. The largest absolute Gasteiger partial charge is 0.362 e. The fraction of sp³-hybridized carbons (Fsp3) is 0.375. The van der Waals surface area contributed by atoms with Crippen LogP contribution in [0.25, 0.3) is 0 Å². The Hall–Kier alpha value is -1.05. The highest BCUT2D eigenvalue weighted by Crippen LogP contribution is 2.24. The first-order valence-electron chi connectivity index (χ1n) is 7.71. The molecule has 1 heterocycles. The van der Waals surface area contributed by atoms with Crippen molar-refractivity contribution in [3.05, 3.63) is 45.0 Å². The van der Waals surface area contributed by atoms with Crippen LogP contribution in [0.4, 0.5) is 5.82 Å². The van der Waals surface area contributed by atoms with Gasteiger partial charge < -0.3 is 15.5 Å². The third kappa shape index (κ3) is 6.64. The van der Waals surface area contributed by atoms with Gasteiger partial charge in [-0.15, -0.1) is 0 Å². The van der Waals surface area contributed by atoms with E-state index in [4.69, 9.17) is 47.0 Å². The number of hydrogen-bond donors (Lipinski definition) is 2. The highest BCUT2D eigenvalue weighted by Gasteiger charge is 2.09. The van der Waals surface area contributed by atoms with E-state index in [1.165, 1.54) is 0 Å². The molecule has 2 N–H and O–H groups in total. The van der Waals surface area contributed by atoms with Crippen molar-refractivity contribution in [2.45, 2.75) is 13.0 Å². The van der Waals surface area contributed by atoms with Gasteiger partial charge in [-0.05, 0) is 57.0 Å². The number of aromatic nitrogens is 2. The van der Waals surface area contributed by atoms with Gasteiger partial charge in [0.15, 0.2) is 10.9 Å². The van der Waals surface area contributed by atoms with Gasteiger partial charge in [0.1, 0.15) is 5.02 Å². The van der Waals surface area contributed by atoms with Crippen LogP contribution in [0, 0.1) is 0 Å². The summed E-state index contributed by atoms with van der Waals surface area (Å²) in [6.07, 6.45) is 2.73. The summed E-state index contributed by atoms with van der Waals surface area (Å²) in [6, 6.07) is 5.47. The van der Waals surface area contributed by atoms with Crippen LogP contribution in [0.2, 0.25) is 15.1 Å². The predicted molar refractivity (Wildman–Crippen MR) is 110 cm³/mol. The quantitative estimate of drug-likeness (QED) is 0.521. The van der Waals surface area contributed by atoms with Crippen molar-refractivity contribution >= 4 is 58.0 Å². The lowest BCUT2D eigenvalue weighted by Gasteiger charge is -2.11. The summed E-state index contributed by atoms with van der Waals surface area (Å²) in [5, 5.41) is 12.6. The maximum Gasteiger partial charge on any atom is 0.173 e. The number of benzene rings is 1. The second-order valence-electron chi connectivity index (χ2n) is 5.81. The Morgan fingerprint density at radius 2 is 1.96 bits per heavy atom. The van der Waals surface area contributed by atoms with Crippen molar-refractivity contribution in [2.75, 3.05) is 32.5 Å². The molecule has 0 radical (unpaired) electrons. The van der Waals surface area contributed by atoms with Crippen LogP contribution in [-0.2, 0) is 6.54 Å². The molecule has 0 saturated carbocycles. The molecule has 0 bridgehead atoms. The molecule has 0 amide bonds. The Balaban J connectivity index is 1.90. The smallest absolute Gasteiger partial charge is 0.173 e. The maximum absolute atomic E-state index is 6.23. The third-order valence-electron chi connectivity index (χ3n) is 3.35. The average molecular weight is 421 g/mol. The molecular weight excluding hydrogens is 401 g/mol. The van der Waals surface area contributed by atoms with Crippen LogP contribution < -0.4 is 10.6 Å². The lowest BCUT2D eigenvalue weighted by Crippen LogP contribution is -2.31. The molecule has 9 heteroatoms. The van der Waals surface area contributed by atoms with E-state index in [9.17, 15) is 0 Å². The summed E-state index contributed by atoms with van der Waals surface area (Å²) in [5.74, 6) is 0.520. The van der Waals surface area contributed by atoms with Crippen LogP contribution in [0.1, 0.15) is 12.0 Å². The van der Waals surface area contributed by atoms with Gasteiger partial charge in [0.25, 0.3) is 0 Å². The molecule has 2 aromatic rings. The molecule has 0 fully saturated rings. The van der Waals surface area contributed by atoms with E-state index in [0.29, 0.717) is 32.5 Å². The van der Waals surface area contributed by atoms with E-state index in [2.05, 4.69) is 20.6 Å². The Morgan fingerprint density at radius 1 is 1.20 bits per heavy atom. The molecule has 0 saturated heterocycles. The molecular formula is C16H20Cl3N5S. The zero-order valence-corrected chi connectivity index (χ0v) is 17.1. The van der Waals surface area contributed by atoms with E-state index in [1.807, 2.05) is 26.2 Å². The zero-order valence-electron chi connectivity index (χ0n) is 14.0. The van der Waals surface area contributed by atoms with Crippen LogP contribution in [0.3, 0.4) is 0 Å². The van der Waals surface area contributed by atoms with Crippen LogP contribution in [-0.4, -0.2) is 47.0 Å². The van der Waals surface area contributed by atoms with Gasteiger partial charge in [-0.3, -0.25) is 4.68 Å². The van der Waals surface area contributed by atoms with Gasteiger partial charge in [-0.1, -0.05) is 40.9 Å². The fourth-order valence-electron chi connectivity index (χ4n) is 2.14. The lowest BCUT2D eigenvalue weighted by molar-refractivity contribution is 0.400. The SMILES string of the molecule is CN(C)CCCNC(=S)Nc1nn(Cc2ccc(Cl)c(Cl)c2)cc1Cl. The number of thiocarbonyl (C=S) groups is 1. The first-order valence-corrected chi connectivity index (χ1v) is 9.26. The maximum atomic E-state index is 6.23. The van der Waals surface area contributed by atoms with E-state index in [1.54, 1.807) is 16.9 Å². The van der Waals surface area contributed by atoms with Crippen LogP contribution >= 0.6 is 47.0 Å². The minimum absolute atomic E-state index is 0.498. The molecule has 136 valence electrons. The number of nitrogens with zero attached hydrogens (tertiary/aromatic N) is 3. The molecule has 1 aromatic heterocycles. The highest BCUT2D eigenvalue weighted by atomic mass is 35.5. The molecule has 1 aromatic carbocycles. The summed E-state index contributed by atoms with van der Waals surface area (Å²) < 4.78 is 1.72. The summed E-state index contributed by atoms with van der Waals surface area (Å²) >= 11 is 23.5. The second kappa shape index (κ2) is 9.59. The van der Waals surface area contributed by atoms with Crippen molar-refractivity contribution in [1.29, 1.82) is 0 Å². The van der Waals surface area contributed by atoms with Gasteiger partial charge in [-0.2, -0.15) is 5.10 Å². The van der Waals surface area contributed by atoms with E-state index in [0.717, 1.165) is 25.1 Å². The van der Waals surface area contributed by atoms with E-state index < -0.39 is 0 Å². The van der Waals surface area contributed by atoms with Gasteiger partial charge in [0.05, 0.1) is 16.6 Å². The summed E-state index contributed by atoms with van der Waals surface area (Å²) in [7, 11) is 4.08.